The summed E-state index contributed by atoms with van der Waals surface area (Å²) in [5.74, 6) is 0.0740. The summed E-state index contributed by atoms with van der Waals surface area (Å²) in [5, 5.41) is 4.08. The molecule has 0 saturated carbocycles. The molecule has 0 saturated heterocycles. The van der Waals surface area contributed by atoms with E-state index in [1.165, 1.54) is 10.9 Å². The van der Waals surface area contributed by atoms with Crippen LogP contribution in [0.4, 0.5) is 0 Å². The quantitative estimate of drug-likeness (QED) is 0.860. The summed E-state index contributed by atoms with van der Waals surface area (Å²) < 4.78 is 1.99. The summed E-state index contributed by atoms with van der Waals surface area (Å²) in [5.41, 5.74) is 2.35. The van der Waals surface area contributed by atoms with Gasteiger partial charge in [0, 0.05) is 18.3 Å². The van der Waals surface area contributed by atoms with E-state index in [4.69, 9.17) is 0 Å². The van der Waals surface area contributed by atoms with E-state index in [0.29, 0.717) is 6.54 Å². The van der Waals surface area contributed by atoms with Crippen LogP contribution in [-0.4, -0.2) is 17.0 Å². The van der Waals surface area contributed by atoms with Crippen LogP contribution in [0, 0.1) is 6.92 Å². The van der Waals surface area contributed by atoms with E-state index in [2.05, 4.69) is 36.5 Å². The van der Waals surface area contributed by atoms with Gasteiger partial charge in [-0.2, -0.15) is 0 Å². The van der Waals surface area contributed by atoms with Gasteiger partial charge in [0.05, 0.1) is 0 Å². The SMILES string of the molecule is CCCNC(=O)Cn1ccc2cc(C)ccc21. The standard InChI is InChI=1S/C14H18N2O/c1-3-7-15-14(17)10-16-8-6-12-9-11(2)4-5-13(12)16/h4-6,8-9H,3,7,10H2,1-2H3,(H,15,17). The molecular weight excluding hydrogens is 212 g/mol. The molecule has 3 nitrogen and oxygen atoms in total. The van der Waals surface area contributed by atoms with Gasteiger partial charge in [-0.05, 0) is 36.9 Å². The van der Waals surface area contributed by atoms with Crippen LogP contribution in [-0.2, 0) is 11.3 Å². The second-order valence-electron chi connectivity index (χ2n) is 4.36. The van der Waals surface area contributed by atoms with Crippen molar-refractivity contribution < 1.29 is 4.79 Å². The second kappa shape index (κ2) is 5.04. The fourth-order valence-corrected chi connectivity index (χ4v) is 1.93. The molecule has 0 aliphatic heterocycles. The van der Waals surface area contributed by atoms with E-state index in [1.54, 1.807) is 0 Å². The topological polar surface area (TPSA) is 34.0 Å². The summed E-state index contributed by atoms with van der Waals surface area (Å²) >= 11 is 0. The second-order valence-corrected chi connectivity index (χ2v) is 4.36. The Kier molecular flexibility index (Phi) is 3.47. The van der Waals surface area contributed by atoms with E-state index < -0.39 is 0 Å². The Hall–Kier alpha value is -1.77. The van der Waals surface area contributed by atoms with Crippen molar-refractivity contribution in [2.45, 2.75) is 26.8 Å². The van der Waals surface area contributed by atoms with E-state index in [-0.39, 0.29) is 5.91 Å². The van der Waals surface area contributed by atoms with Crippen LogP contribution in [0.1, 0.15) is 18.9 Å². The number of amides is 1. The smallest absolute Gasteiger partial charge is 0.239 e. The van der Waals surface area contributed by atoms with Crippen LogP contribution in [0.3, 0.4) is 0 Å². The van der Waals surface area contributed by atoms with Crippen molar-refractivity contribution in [2.24, 2.45) is 0 Å². The van der Waals surface area contributed by atoms with Gasteiger partial charge in [-0.1, -0.05) is 18.6 Å². The number of benzene rings is 1. The first kappa shape index (κ1) is 11.7. The van der Waals surface area contributed by atoms with Crippen LogP contribution < -0.4 is 5.32 Å². The van der Waals surface area contributed by atoms with Gasteiger partial charge in [0.25, 0.3) is 0 Å². The highest BCUT2D eigenvalue weighted by Crippen LogP contribution is 2.17. The van der Waals surface area contributed by atoms with Gasteiger partial charge >= 0.3 is 0 Å². The number of carbonyl (C=O) groups is 1. The fraction of sp³-hybridized carbons (Fsp3) is 0.357. The van der Waals surface area contributed by atoms with E-state index in [1.807, 2.05) is 17.7 Å². The first-order chi connectivity index (χ1) is 8.20. The maximum atomic E-state index is 11.6. The van der Waals surface area contributed by atoms with Gasteiger partial charge in [0.15, 0.2) is 0 Å². The molecule has 1 aromatic carbocycles. The Morgan fingerprint density at radius 1 is 1.35 bits per heavy atom. The molecule has 1 N–H and O–H groups in total. The first-order valence-electron chi connectivity index (χ1n) is 6.03. The van der Waals surface area contributed by atoms with E-state index in [9.17, 15) is 4.79 Å². The third-order valence-electron chi connectivity index (χ3n) is 2.81. The molecule has 0 unspecified atom stereocenters. The molecule has 3 heteroatoms. The molecule has 0 spiro atoms. The van der Waals surface area contributed by atoms with Gasteiger partial charge in [-0.15, -0.1) is 0 Å². The molecular formula is C14H18N2O. The van der Waals surface area contributed by atoms with Crippen molar-refractivity contribution in [2.75, 3.05) is 6.54 Å². The van der Waals surface area contributed by atoms with Crippen molar-refractivity contribution in [1.29, 1.82) is 0 Å². The van der Waals surface area contributed by atoms with Crippen LogP contribution in [0.2, 0.25) is 0 Å². The number of aromatic nitrogens is 1. The van der Waals surface area contributed by atoms with E-state index >= 15 is 0 Å². The predicted octanol–water partition coefficient (Wildman–Crippen LogP) is 2.48. The Morgan fingerprint density at radius 2 is 2.18 bits per heavy atom. The molecule has 17 heavy (non-hydrogen) atoms. The predicted molar refractivity (Wildman–Crippen MR) is 70.0 cm³/mol. The zero-order valence-electron chi connectivity index (χ0n) is 10.4. The lowest BCUT2D eigenvalue weighted by Crippen LogP contribution is -2.27. The molecule has 0 atom stereocenters. The van der Waals surface area contributed by atoms with Gasteiger partial charge in [0.2, 0.25) is 5.91 Å². The lowest BCUT2D eigenvalue weighted by atomic mass is 10.2. The molecule has 0 fully saturated rings. The number of carbonyl (C=O) groups excluding carboxylic acids is 1. The maximum Gasteiger partial charge on any atom is 0.239 e. The minimum absolute atomic E-state index is 0.0740. The zero-order valence-corrected chi connectivity index (χ0v) is 10.4. The van der Waals surface area contributed by atoms with Gasteiger partial charge in [-0.3, -0.25) is 4.79 Å². The van der Waals surface area contributed by atoms with Crippen LogP contribution >= 0.6 is 0 Å². The molecule has 0 radical (unpaired) electrons. The van der Waals surface area contributed by atoms with E-state index in [0.717, 1.165) is 18.5 Å². The van der Waals surface area contributed by atoms with Crippen molar-refractivity contribution in [3.63, 3.8) is 0 Å². The van der Waals surface area contributed by atoms with Crippen LogP contribution in [0.15, 0.2) is 30.5 Å². The molecule has 2 rings (SSSR count). The minimum atomic E-state index is 0.0740. The number of rotatable bonds is 4. The lowest BCUT2D eigenvalue weighted by Gasteiger charge is -2.06. The van der Waals surface area contributed by atoms with Crippen molar-refractivity contribution in [3.8, 4) is 0 Å². The van der Waals surface area contributed by atoms with Crippen molar-refractivity contribution in [1.82, 2.24) is 9.88 Å². The summed E-state index contributed by atoms with van der Waals surface area (Å²) in [7, 11) is 0. The molecule has 90 valence electrons. The van der Waals surface area contributed by atoms with Crippen molar-refractivity contribution >= 4 is 16.8 Å². The molecule has 0 aliphatic rings. The Bertz CT molecular complexity index is 528. The molecule has 1 aromatic heterocycles. The summed E-state index contributed by atoms with van der Waals surface area (Å²) in [6.45, 7) is 5.27. The Balaban J connectivity index is 2.16. The zero-order chi connectivity index (χ0) is 12.3. The molecule has 1 amide bonds. The van der Waals surface area contributed by atoms with Crippen LogP contribution in [0.25, 0.3) is 10.9 Å². The monoisotopic (exact) mass is 230 g/mol. The number of hydrogen-bond donors (Lipinski definition) is 1. The van der Waals surface area contributed by atoms with Crippen LogP contribution in [0.5, 0.6) is 0 Å². The summed E-state index contributed by atoms with van der Waals surface area (Å²) in [6, 6.07) is 8.33. The number of nitrogens with one attached hydrogen (secondary N) is 1. The molecule has 0 aliphatic carbocycles. The summed E-state index contributed by atoms with van der Waals surface area (Å²) in [4.78, 5) is 11.6. The number of aryl methyl sites for hydroxylation is 1. The largest absolute Gasteiger partial charge is 0.355 e. The third-order valence-corrected chi connectivity index (χ3v) is 2.81. The summed E-state index contributed by atoms with van der Waals surface area (Å²) in [6.07, 6.45) is 2.94. The first-order valence-corrected chi connectivity index (χ1v) is 6.03. The van der Waals surface area contributed by atoms with Gasteiger partial charge in [0.1, 0.15) is 6.54 Å². The average molecular weight is 230 g/mol. The highest BCUT2D eigenvalue weighted by molar-refractivity contribution is 5.83. The van der Waals surface area contributed by atoms with Crippen molar-refractivity contribution in [3.05, 3.63) is 36.0 Å². The average Bonchev–Trinajstić information content (AvgIpc) is 2.69. The third kappa shape index (κ3) is 2.67. The van der Waals surface area contributed by atoms with Gasteiger partial charge in [-0.25, -0.2) is 0 Å². The number of fused-ring (bicyclic) bond motifs is 1. The molecule has 1 heterocycles. The Labute approximate surface area is 101 Å². The Morgan fingerprint density at radius 3 is 2.94 bits per heavy atom. The van der Waals surface area contributed by atoms with Gasteiger partial charge < -0.3 is 9.88 Å². The lowest BCUT2D eigenvalue weighted by molar-refractivity contribution is -0.121. The normalized spacial score (nSPS) is 10.7. The fourth-order valence-electron chi connectivity index (χ4n) is 1.93. The number of nitrogens with zero attached hydrogens (tertiary/aromatic N) is 1. The molecule has 2 aromatic rings. The number of hydrogen-bond acceptors (Lipinski definition) is 1. The highest BCUT2D eigenvalue weighted by Gasteiger charge is 2.05. The highest BCUT2D eigenvalue weighted by atomic mass is 16.1. The molecule has 0 bridgehead atoms. The maximum absolute atomic E-state index is 11.6. The minimum Gasteiger partial charge on any atom is -0.355 e.